The molecule has 1 aromatic rings. The van der Waals surface area contributed by atoms with Gasteiger partial charge in [-0.15, -0.1) is 0 Å². The standard InChI is InChI=1S/C18H24N2O5S/c1-14(21)20-13-18(11-16(20)17(22)23)7-9-19(10-8-18)26(24,25)12-15-5-3-2-4-6-15/h2-6,16H,7-13H2,1H3,(H,22,23)/t16-/m0/s1. The summed E-state index contributed by atoms with van der Waals surface area (Å²) in [5.74, 6) is -1.26. The van der Waals surface area contributed by atoms with Crippen LogP contribution in [0.3, 0.4) is 0 Å². The number of nitrogens with zero attached hydrogens (tertiary/aromatic N) is 2. The van der Waals surface area contributed by atoms with Gasteiger partial charge >= 0.3 is 5.97 Å². The van der Waals surface area contributed by atoms with E-state index in [1.807, 2.05) is 18.2 Å². The lowest BCUT2D eigenvalue weighted by molar-refractivity contribution is -0.147. The van der Waals surface area contributed by atoms with Gasteiger partial charge in [0.15, 0.2) is 0 Å². The second kappa shape index (κ2) is 7.00. The van der Waals surface area contributed by atoms with Gasteiger partial charge in [-0.05, 0) is 30.2 Å². The molecule has 2 fully saturated rings. The van der Waals surface area contributed by atoms with Crippen molar-refractivity contribution in [2.75, 3.05) is 19.6 Å². The minimum atomic E-state index is -3.41. The summed E-state index contributed by atoms with van der Waals surface area (Å²) >= 11 is 0. The highest BCUT2D eigenvalue weighted by Crippen LogP contribution is 2.44. The summed E-state index contributed by atoms with van der Waals surface area (Å²) in [6, 6.07) is 8.26. The third-order valence-corrected chi connectivity index (χ3v) is 7.42. The predicted octanol–water partition coefficient (Wildman–Crippen LogP) is 1.30. The summed E-state index contributed by atoms with van der Waals surface area (Å²) in [6.45, 7) is 2.51. The molecule has 1 aromatic carbocycles. The molecule has 2 heterocycles. The maximum absolute atomic E-state index is 12.7. The van der Waals surface area contributed by atoms with E-state index in [-0.39, 0.29) is 17.1 Å². The number of carboxylic acid groups (broad SMARTS) is 1. The van der Waals surface area contributed by atoms with Crippen molar-refractivity contribution in [3.05, 3.63) is 35.9 Å². The summed E-state index contributed by atoms with van der Waals surface area (Å²) < 4.78 is 26.8. The molecule has 8 heteroatoms. The van der Waals surface area contributed by atoms with Crippen molar-refractivity contribution in [3.63, 3.8) is 0 Å². The Kier molecular flexibility index (Phi) is 5.07. The van der Waals surface area contributed by atoms with Crippen molar-refractivity contribution in [3.8, 4) is 0 Å². The lowest BCUT2D eigenvalue weighted by Crippen LogP contribution is -2.44. The van der Waals surface area contributed by atoms with Gasteiger partial charge in [0.25, 0.3) is 0 Å². The third kappa shape index (κ3) is 3.76. The molecule has 0 radical (unpaired) electrons. The maximum atomic E-state index is 12.7. The largest absolute Gasteiger partial charge is 0.480 e. The second-order valence-electron chi connectivity index (χ2n) is 7.35. The lowest BCUT2D eigenvalue weighted by Gasteiger charge is -2.38. The Morgan fingerprint density at radius 2 is 1.81 bits per heavy atom. The zero-order valence-corrected chi connectivity index (χ0v) is 15.6. The summed E-state index contributed by atoms with van der Waals surface area (Å²) in [7, 11) is -3.41. The maximum Gasteiger partial charge on any atom is 0.326 e. The van der Waals surface area contributed by atoms with Gasteiger partial charge in [0, 0.05) is 26.6 Å². The van der Waals surface area contributed by atoms with E-state index in [0.717, 1.165) is 5.56 Å². The van der Waals surface area contributed by atoms with Crippen molar-refractivity contribution in [1.29, 1.82) is 0 Å². The molecule has 1 spiro atoms. The predicted molar refractivity (Wildman–Crippen MR) is 95.7 cm³/mol. The van der Waals surface area contributed by atoms with Gasteiger partial charge in [-0.2, -0.15) is 0 Å². The molecule has 0 unspecified atom stereocenters. The van der Waals surface area contributed by atoms with E-state index in [4.69, 9.17) is 0 Å². The first-order valence-electron chi connectivity index (χ1n) is 8.74. The van der Waals surface area contributed by atoms with Gasteiger partial charge in [0.1, 0.15) is 6.04 Å². The second-order valence-corrected chi connectivity index (χ2v) is 9.31. The Hall–Kier alpha value is -1.93. The zero-order chi connectivity index (χ0) is 18.9. The number of aliphatic carboxylic acids is 1. The number of likely N-dealkylation sites (tertiary alicyclic amines) is 1. The van der Waals surface area contributed by atoms with Gasteiger partial charge < -0.3 is 10.0 Å². The highest BCUT2D eigenvalue weighted by atomic mass is 32.2. The fourth-order valence-electron chi connectivity index (χ4n) is 4.08. The number of carbonyl (C=O) groups is 2. The van der Waals surface area contributed by atoms with Gasteiger partial charge in [-0.3, -0.25) is 4.79 Å². The monoisotopic (exact) mass is 380 g/mol. The highest BCUT2D eigenvalue weighted by Gasteiger charge is 2.50. The number of benzene rings is 1. The van der Waals surface area contributed by atoms with E-state index < -0.39 is 22.0 Å². The molecule has 142 valence electrons. The van der Waals surface area contributed by atoms with E-state index in [1.54, 1.807) is 12.1 Å². The molecule has 1 N–H and O–H groups in total. The Labute approximate surface area is 153 Å². The fourth-order valence-corrected chi connectivity index (χ4v) is 5.62. The van der Waals surface area contributed by atoms with Crippen molar-refractivity contribution in [2.45, 2.75) is 38.0 Å². The highest BCUT2D eigenvalue weighted by molar-refractivity contribution is 7.88. The summed E-state index contributed by atoms with van der Waals surface area (Å²) in [4.78, 5) is 24.7. The smallest absolute Gasteiger partial charge is 0.326 e. The minimum absolute atomic E-state index is 0.0296. The first kappa shape index (κ1) is 18.8. The van der Waals surface area contributed by atoms with Crippen molar-refractivity contribution >= 4 is 21.9 Å². The molecule has 0 saturated carbocycles. The molecule has 2 aliphatic rings. The van der Waals surface area contributed by atoms with Crippen molar-refractivity contribution in [2.24, 2.45) is 5.41 Å². The molecule has 2 aliphatic heterocycles. The number of hydrogen-bond donors (Lipinski definition) is 1. The number of carbonyl (C=O) groups excluding carboxylic acids is 1. The van der Waals surface area contributed by atoms with Gasteiger partial charge in [0.05, 0.1) is 5.75 Å². The quantitative estimate of drug-likeness (QED) is 0.850. The van der Waals surface area contributed by atoms with Crippen LogP contribution in [-0.2, 0) is 25.4 Å². The average Bonchev–Trinajstić information content (AvgIpc) is 2.96. The van der Waals surface area contributed by atoms with E-state index in [9.17, 15) is 23.1 Å². The van der Waals surface area contributed by atoms with Crippen molar-refractivity contribution in [1.82, 2.24) is 9.21 Å². The third-order valence-electron chi connectivity index (χ3n) is 5.57. The van der Waals surface area contributed by atoms with Crippen LogP contribution >= 0.6 is 0 Å². The number of rotatable bonds is 4. The van der Waals surface area contributed by atoms with Crippen LogP contribution < -0.4 is 0 Å². The number of hydrogen-bond acceptors (Lipinski definition) is 4. The van der Waals surface area contributed by atoms with Crippen LogP contribution in [0.4, 0.5) is 0 Å². The number of sulfonamides is 1. The summed E-state index contributed by atoms with van der Waals surface area (Å²) in [5.41, 5.74) is 0.454. The summed E-state index contributed by atoms with van der Waals surface area (Å²) in [5, 5.41) is 9.39. The molecular weight excluding hydrogens is 356 g/mol. The molecule has 0 aliphatic carbocycles. The molecule has 3 rings (SSSR count). The lowest BCUT2D eigenvalue weighted by atomic mass is 9.77. The Morgan fingerprint density at radius 1 is 1.19 bits per heavy atom. The first-order chi connectivity index (χ1) is 12.2. The van der Waals surface area contributed by atoms with Gasteiger partial charge in [-0.1, -0.05) is 30.3 Å². The topological polar surface area (TPSA) is 95.0 Å². The van der Waals surface area contributed by atoms with Crippen LogP contribution in [0, 0.1) is 5.41 Å². The Balaban J connectivity index is 1.67. The normalized spacial score (nSPS) is 23.3. The van der Waals surface area contributed by atoms with Crippen molar-refractivity contribution < 1.29 is 23.1 Å². The molecule has 0 aromatic heterocycles. The van der Waals surface area contributed by atoms with E-state index >= 15 is 0 Å². The van der Waals surface area contributed by atoms with Crippen LogP contribution in [0.25, 0.3) is 0 Å². The molecular formula is C18H24N2O5S. The van der Waals surface area contributed by atoms with Gasteiger partial charge in [0.2, 0.25) is 15.9 Å². The molecule has 1 amide bonds. The van der Waals surface area contributed by atoms with E-state index in [1.165, 1.54) is 16.1 Å². The Morgan fingerprint density at radius 3 is 2.31 bits per heavy atom. The average molecular weight is 380 g/mol. The van der Waals surface area contributed by atoms with Crippen LogP contribution in [-0.4, -0.2) is 60.3 Å². The van der Waals surface area contributed by atoms with Crippen LogP contribution in [0.15, 0.2) is 30.3 Å². The van der Waals surface area contributed by atoms with E-state index in [0.29, 0.717) is 38.9 Å². The summed E-state index contributed by atoms with van der Waals surface area (Å²) in [6.07, 6.45) is 1.55. The SMILES string of the molecule is CC(=O)N1CC2(CCN(S(=O)(=O)Cc3ccccc3)CC2)C[C@H]1C(=O)O. The molecule has 7 nitrogen and oxygen atoms in total. The number of amides is 1. The van der Waals surface area contributed by atoms with Gasteiger partial charge in [-0.25, -0.2) is 17.5 Å². The minimum Gasteiger partial charge on any atom is -0.480 e. The number of piperidine rings is 1. The first-order valence-corrected chi connectivity index (χ1v) is 10.4. The molecule has 2 saturated heterocycles. The fraction of sp³-hybridized carbons (Fsp3) is 0.556. The Bertz CT molecular complexity index is 761. The number of carboxylic acids is 1. The van der Waals surface area contributed by atoms with Crippen LogP contribution in [0.2, 0.25) is 0 Å². The van der Waals surface area contributed by atoms with Crippen LogP contribution in [0.5, 0.6) is 0 Å². The molecule has 0 bridgehead atoms. The molecule has 26 heavy (non-hydrogen) atoms. The molecule has 1 atom stereocenters. The van der Waals surface area contributed by atoms with Crippen LogP contribution in [0.1, 0.15) is 31.7 Å². The zero-order valence-electron chi connectivity index (χ0n) is 14.8. The van der Waals surface area contributed by atoms with E-state index in [2.05, 4.69) is 0 Å².